The number of carbonyl (C=O) groups is 3. The zero-order valence-electron chi connectivity index (χ0n) is 14.5. The Hall–Kier alpha value is -2.47. The molecule has 132 valence electrons. The number of hydrogen-bond acceptors (Lipinski definition) is 5. The molecule has 0 fully saturated rings. The molecule has 2 rings (SSSR count). The van der Waals surface area contributed by atoms with Gasteiger partial charge in [-0.3, -0.25) is 9.59 Å². The normalized spacial score (nSPS) is 10.4. The maximum Gasteiger partial charge on any atom is 0.337 e. The second-order valence-electron chi connectivity index (χ2n) is 5.72. The van der Waals surface area contributed by atoms with Gasteiger partial charge in [0.1, 0.15) is 0 Å². The lowest BCUT2D eigenvalue weighted by molar-refractivity contribution is -0.121. The Balaban J connectivity index is 1.80. The highest BCUT2D eigenvalue weighted by molar-refractivity contribution is 7.12. The summed E-state index contributed by atoms with van der Waals surface area (Å²) in [6.45, 7) is 4.24. The number of aryl methyl sites for hydroxylation is 2. The molecule has 1 amide bonds. The van der Waals surface area contributed by atoms with Crippen LogP contribution < -0.4 is 5.32 Å². The Kier molecular flexibility index (Phi) is 6.47. The molecular formula is C19H21NO4S. The minimum absolute atomic E-state index is 0.000527. The highest BCUT2D eigenvalue weighted by Gasteiger charge is 2.13. The molecule has 0 aliphatic rings. The Labute approximate surface area is 151 Å². The molecule has 0 bridgehead atoms. The Morgan fingerprint density at radius 3 is 2.32 bits per heavy atom. The fourth-order valence-corrected chi connectivity index (χ4v) is 3.38. The maximum atomic E-state index is 12.2. The predicted molar refractivity (Wildman–Crippen MR) is 97.0 cm³/mol. The summed E-state index contributed by atoms with van der Waals surface area (Å²) in [5, 5.41) is 2.78. The molecule has 0 aliphatic heterocycles. The van der Waals surface area contributed by atoms with Gasteiger partial charge >= 0.3 is 5.97 Å². The number of ketones is 1. The van der Waals surface area contributed by atoms with Crippen LogP contribution in [0.3, 0.4) is 0 Å². The van der Waals surface area contributed by atoms with Gasteiger partial charge in [0.2, 0.25) is 5.91 Å². The van der Waals surface area contributed by atoms with Crippen LogP contribution in [0.25, 0.3) is 0 Å². The third-order valence-corrected chi connectivity index (χ3v) is 4.75. The van der Waals surface area contributed by atoms with Gasteiger partial charge in [0.15, 0.2) is 5.78 Å². The molecule has 1 aromatic carbocycles. The molecule has 25 heavy (non-hydrogen) atoms. The summed E-state index contributed by atoms with van der Waals surface area (Å²) in [7, 11) is 1.33. The minimum Gasteiger partial charge on any atom is -0.465 e. The van der Waals surface area contributed by atoms with Crippen molar-refractivity contribution >= 4 is 29.0 Å². The molecule has 0 spiro atoms. The van der Waals surface area contributed by atoms with E-state index in [1.54, 1.807) is 35.6 Å². The molecular weight excluding hydrogens is 338 g/mol. The van der Waals surface area contributed by atoms with E-state index >= 15 is 0 Å². The zero-order chi connectivity index (χ0) is 18.4. The summed E-state index contributed by atoms with van der Waals surface area (Å²) in [4.78, 5) is 37.6. The monoisotopic (exact) mass is 359 g/mol. The highest BCUT2D eigenvalue weighted by Crippen LogP contribution is 2.22. The van der Waals surface area contributed by atoms with Gasteiger partial charge in [0.05, 0.1) is 12.7 Å². The first kappa shape index (κ1) is 18.9. The average Bonchev–Trinajstić information content (AvgIpc) is 2.96. The van der Waals surface area contributed by atoms with Crippen molar-refractivity contribution in [2.45, 2.75) is 33.2 Å². The standard InChI is InChI=1S/C19H21NO4S/c1-12-10-16(13(2)25-12)17(21)8-9-18(22)20-11-14-4-6-15(7-5-14)19(23)24-3/h4-7,10H,8-9,11H2,1-3H3,(H,20,22). The van der Waals surface area contributed by atoms with Crippen molar-refractivity contribution in [1.29, 1.82) is 0 Å². The summed E-state index contributed by atoms with van der Waals surface area (Å²) in [5.74, 6) is -0.567. The van der Waals surface area contributed by atoms with E-state index in [4.69, 9.17) is 0 Å². The van der Waals surface area contributed by atoms with Gasteiger partial charge in [-0.05, 0) is 37.6 Å². The fraction of sp³-hybridized carbons (Fsp3) is 0.316. The van der Waals surface area contributed by atoms with Crippen LogP contribution in [0.15, 0.2) is 30.3 Å². The summed E-state index contributed by atoms with van der Waals surface area (Å²) >= 11 is 1.59. The molecule has 5 nitrogen and oxygen atoms in total. The third kappa shape index (κ3) is 5.26. The lowest BCUT2D eigenvalue weighted by Crippen LogP contribution is -2.23. The molecule has 0 aliphatic carbocycles. The molecule has 2 aromatic rings. The number of ether oxygens (including phenoxy) is 1. The van der Waals surface area contributed by atoms with Crippen LogP contribution in [0.1, 0.15) is 48.9 Å². The number of carbonyl (C=O) groups excluding carboxylic acids is 3. The SMILES string of the molecule is COC(=O)c1ccc(CNC(=O)CCC(=O)c2cc(C)sc2C)cc1. The van der Waals surface area contributed by atoms with Gasteiger partial charge in [-0.2, -0.15) is 0 Å². The second-order valence-corrected chi connectivity index (χ2v) is 7.18. The van der Waals surface area contributed by atoms with Gasteiger partial charge < -0.3 is 10.1 Å². The minimum atomic E-state index is -0.395. The first-order chi connectivity index (χ1) is 11.9. The van der Waals surface area contributed by atoms with Crippen molar-refractivity contribution in [3.63, 3.8) is 0 Å². The Morgan fingerprint density at radius 1 is 1.08 bits per heavy atom. The van der Waals surface area contributed by atoms with E-state index in [-0.39, 0.29) is 24.5 Å². The summed E-state index contributed by atoms with van der Waals surface area (Å²) in [6.07, 6.45) is 0.359. The van der Waals surface area contributed by atoms with Crippen LogP contribution in [0.5, 0.6) is 0 Å². The number of nitrogens with one attached hydrogen (secondary N) is 1. The highest BCUT2D eigenvalue weighted by atomic mass is 32.1. The maximum absolute atomic E-state index is 12.2. The van der Waals surface area contributed by atoms with Gasteiger partial charge in [0.25, 0.3) is 0 Å². The van der Waals surface area contributed by atoms with Crippen molar-refractivity contribution in [1.82, 2.24) is 5.32 Å². The van der Waals surface area contributed by atoms with E-state index in [1.807, 2.05) is 19.9 Å². The quantitative estimate of drug-likeness (QED) is 0.607. The van der Waals surface area contributed by atoms with Crippen molar-refractivity contribution in [2.24, 2.45) is 0 Å². The first-order valence-corrected chi connectivity index (χ1v) is 8.76. The number of benzene rings is 1. The zero-order valence-corrected chi connectivity index (χ0v) is 15.4. The summed E-state index contributed by atoms with van der Waals surface area (Å²) < 4.78 is 4.64. The number of esters is 1. The van der Waals surface area contributed by atoms with Gasteiger partial charge in [-0.15, -0.1) is 11.3 Å². The molecule has 1 N–H and O–H groups in total. The first-order valence-electron chi connectivity index (χ1n) is 7.95. The number of hydrogen-bond donors (Lipinski definition) is 1. The van der Waals surface area contributed by atoms with E-state index in [2.05, 4.69) is 10.1 Å². The molecule has 0 saturated heterocycles. The molecule has 1 aromatic heterocycles. The molecule has 0 saturated carbocycles. The van der Waals surface area contributed by atoms with Crippen LogP contribution in [0, 0.1) is 13.8 Å². The third-order valence-electron chi connectivity index (χ3n) is 3.79. The Morgan fingerprint density at radius 2 is 1.76 bits per heavy atom. The number of amides is 1. The smallest absolute Gasteiger partial charge is 0.337 e. The molecule has 0 unspecified atom stereocenters. The molecule has 0 atom stereocenters. The molecule has 1 heterocycles. The number of methoxy groups -OCH3 is 1. The summed E-state index contributed by atoms with van der Waals surface area (Å²) in [5.41, 5.74) is 2.05. The van der Waals surface area contributed by atoms with E-state index in [1.165, 1.54) is 7.11 Å². The van der Waals surface area contributed by atoms with Crippen molar-refractivity contribution in [3.05, 3.63) is 56.8 Å². The Bertz CT molecular complexity index is 777. The average molecular weight is 359 g/mol. The van der Waals surface area contributed by atoms with E-state index < -0.39 is 5.97 Å². The predicted octanol–water partition coefficient (Wildman–Crippen LogP) is 3.43. The van der Waals surface area contributed by atoms with Gasteiger partial charge in [0, 0.05) is 34.7 Å². The molecule has 6 heteroatoms. The van der Waals surface area contributed by atoms with Crippen LogP contribution in [0.2, 0.25) is 0 Å². The van der Waals surface area contributed by atoms with Crippen molar-refractivity contribution < 1.29 is 19.1 Å². The summed E-state index contributed by atoms with van der Waals surface area (Å²) in [6, 6.07) is 8.70. The van der Waals surface area contributed by atoms with E-state index in [0.29, 0.717) is 17.7 Å². The van der Waals surface area contributed by atoms with E-state index in [9.17, 15) is 14.4 Å². The number of thiophene rings is 1. The number of rotatable bonds is 7. The lowest BCUT2D eigenvalue weighted by Gasteiger charge is -2.06. The lowest BCUT2D eigenvalue weighted by atomic mass is 10.1. The van der Waals surface area contributed by atoms with Crippen LogP contribution in [-0.4, -0.2) is 24.8 Å². The van der Waals surface area contributed by atoms with Gasteiger partial charge in [-0.25, -0.2) is 4.79 Å². The topological polar surface area (TPSA) is 72.5 Å². The number of Topliss-reactive ketones (excluding diaryl/α,β-unsaturated/α-hetero) is 1. The van der Waals surface area contributed by atoms with Gasteiger partial charge in [-0.1, -0.05) is 12.1 Å². The van der Waals surface area contributed by atoms with Crippen molar-refractivity contribution in [3.8, 4) is 0 Å². The van der Waals surface area contributed by atoms with Crippen LogP contribution >= 0.6 is 11.3 Å². The van der Waals surface area contributed by atoms with Crippen LogP contribution in [-0.2, 0) is 16.1 Å². The molecule has 0 radical (unpaired) electrons. The second kappa shape index (κ2) is 8.58. The van der Waals surface area contributed by atoms with Crippen LogP contribution in [0.4, 0.5) is 0 Å². The fourth-order valence-electron chi connectivity index (χ4n) is 2.43. The van der Waals surface area contributed by atoms with Crippen molar-refractivity contribution in [2.75, 3.05) is 7.11 Å². The van der Waals surface area contributed by atoms with E-state index in [0.717, 1.165) is 15.3 Å². The largest absolute Gasteiger partial charge is 0.465 e.